The Balaban J connectivity index is 3.11. The molecule has 0 saturated carbocycles. The first kappa shape index (κ1) is 7.72. The van der Waals surface area contributed by atoms with Gasteiger partial charge in [-0.25, -0.2) is 4.99 Å². The molecule has 0 bridgehead atoms. The number of aromatic amines is 1. The van der Waals surface area contributed by atoms with Crippen LogP contribution in [-0.4, -0.2) is 17.4 Å². The number of hydrogen-bond acceptors (Lipinski definition) is 2. The maximum Gasteiger partial charge on any atom is 0.138 e. The van der Waals surface area contributed by atoms with Crippen molar-refractivity contribution in [1.82, 2.24) is 4.98 Å². The van der Waals surface area contributed by atoms with E-state index in [4.69, 9.17) is 5.41 Å². The number of hydrogen-bond donors (Lipinski definition) is 2. The van der Waals surface area contributed by atoms with Gasteiger partial charge in [-0.3, -0.25) is 0 Å². The van der Waals surface area contributed by atoms with Crippen molar-refractivity contribution in [3.8, 4) is 0 Å². The summed E-state index contributed by atoms with van der Waals surface area (Å²) in [5.41, 5.74) is 1.87. The molecule has 0 amide bonds. The molecule has 0 aliphatic carbocycles. The maximum absolute atomic E-state index is 7.06. The van der Waals surface area contributed by atoms with Gasteiger partial charge in [-0.1, -0.05) is 0 Å². The lowest BCUT2D eigenvalue weighted by Gasteiger charge is -1.87. The smallest absolute Gasteiger partial charge is 0.138 e. The summed E-state index contributed by atoms with van der Waals surface area (Å²) in [7, 11) is 0. The highest BCUT2D eigenvalue weighted by Gasteiger charge is 1.99. The van der Waals surface area contributed by atoms with E-state index in [-0.39, 0.29) is 0 Å². The van der Waals surface area contributed by atoms with E-state index in [0.29, 0.717) is 0 Å². The van der Waals surface area contributed by atoms with Crippen LogP contribution in [0.5, 0.6) is 0 Å². The van der Waals surface area contributed by atoms with Gasteiger partial charge in [-0.05, 0) is 19.9 Å². The second-order valence-corrected chi connectivity index (χ2v) is 2.29. The van der Waals surface area contributed by atoms with Crippen molar-refractivity contribution in [3.63, 3.8) is 0 Å². The Morgan fingerprint density at radius 1 is 1.64 bits per heavy atom. The fourth-order valence-electron chi connectivity index (χ4n) is 0.943. The number of nitrogens with one attached hydrogen (secondary N) is 2. The largest absolute Gasteiger partial charge is 0.344 e. The van der Waals surface area contributed by atoms with Crippen LogP contribution in [0.4, 0.5) is 5.82 Å². The molecule has 1 aromatic heterocycles. The van der Waals surface area contributed by atoms with Crippen molar-refractivity contribution >= 4 is 18.2 Å². The summed E-state index contributed by atoms with van der Waals surface area (Å²) in [5.74, 6) is 0.764. The fourth-order valence-corrected chi connectivity index (χ4v) is 0.943. The van der Waals surface area contributed by atoms with E-state index in [1.165, 1.54) is 6.21 Å². The maximum atomic E-state index is 7.06. The highest BCUT2D eigenvalue weighted by atomic mass is 14.9. The van der Waals surface area contributed by atoms with E-state index in [0.717, 1.165) is 17.1 Å². The van der Waals surface area contributed by atoms with Gasteiger partial charge in [0.25, 0.3) is 0 Å². The zero-order valence-electron chi connectivity index (χ0n) is 6.68. The van der Waals surface area contributed by atoms with Crippen LogP contribution in [0, 0.1) is 12.3 Å². The van der Waals surface area contributed by atoms with E-state index < -0.39 is 0 Å². The van der Waals surface area contributed by atoms with E-state index >= 15 is 0 Å². The highest BCUT2D eigenvalue weighted by molar-refractivity contribution is 5.85. The molecule has 0 spiro atoms. The van der Waals surface area contributed by atoms with Crippen molar-refractivity contribution in [1.29, 1.82) is 5.41 Å². The van der Waals surface area contributed by atoms with Crippen molar-refractivity contribution in [2.75, 3.05) is 0 Å². The van der Waals surface area contributed by atoms with Gasteiger partial charge < -0.3 is 10.4 Å². The predicted octanol–water partition coefficient (Wildman–Crippen LogP) is 2.04. The van der Waals surface area contributed by atoms with Gasteiger partial charge in [0.1, 0.15) is 5.82 Å². The molecule has 3 heteroatoms. The lowest BCUT2D eigenvalue weighted by molar-refractivity contribution is 1.24. The van der Waals surface area contributed by atoms with Crippen molar-refractivity contribution < 1.29 is 0 Å². The minimum absolute atomic E-state index is 0.764. The van der Waals surface area contributed by atoms with Crippen LogP contribution in [0.2, 0.25) is 0 Å². The summed E-state index contributed by atoms with van der Waals surface area (Å²) in [6.45, 7) is 3.80. The molecule has 0 aliphatic rings. The molecule has 3 nitrogen and oxygen atoms in total. The van der Waals surface area contributed by atoms with Gasteiger partial charge in [0.15, 0.2) is 0 Å². The fraction of sp³-hybridized carbons (Fsp3) is 0.250. The van der Waals surface area contributed by atoms with Crippen LogP contribution in [0.3, 0.4) is 0 Å². The molecule has 0 fully saturated rings. The molecule has 0 saturated heterocycles. The third kappa shape index (κ3) is 1.55. The number of aryl methyl sites for hydroxylation is 1. The van der Waals surface area contributed by atoms with Gasteiger partial charge in [0.05, 0.1) is 0 Å². The first-order valence-electron chi connectivity index (χ1n) is 3.46. The average molecular weight is 149 g/mol. The molecule has 1 rings (SSSR count). The first-order valence-corrected chi connectivity index (χ1v) is 3.46. The Morgan fingerprint density at radius 3 is 2.91 bits per heavy atom. The zero-order chi connectivity index (χ0) is 8.27. The number of aromatic nitrogens is 1. The summed E-state index contributed by atoms with van der Waals surface area (Å²) in [6, 6.07) is 1.90. The second-order valence-electron chi connectivity index (χ2n) is 2.29. The first-order chi connectivity index (χ1) is 5.27. The molecule has 11 heavy (non-hydrogen) atoms. The molecular formula is C8H11N3. The zero-order valence-corrected chi connectivity index (χ0v) is 6.68. The van der Waals surface area contributed by atoms with Gasteiger partial charge in [-0.2, -0.15) is 0 Å². The summed E-state index contributed by atoms with van der Waals surface area (Å²) in [4.78, 5) is 7.11. The predicted molar refractivity (Wildman–Crippen MR) is 47.2 cm³/mol. The molecule has 1 heterocycles. The van der Waals surface area contributed by atoms with Crippen molar-refractivity contribution in [2.24, 2.45) is 4.99 Å². The summed E-state index contributed by atoms with van der Waals surface area (Å²) >= 11 is 0. The Morgan fingerprint density at radius 2 is 2.36 bits per heavy atom. The van der Waals surface area contributed by atoms with Crippen LogP contribution in [0.25, 0.3) is 0 Å². The number of aliphatic imine (C=N–C) groups is 1. The van der Waals surface area contributed by atoms with Crippen molar-refractivity contribution in [3.05, 3.63) is 17.3 Å². The molecule has 2 N–H and O–H groups in total. The quantitative estimate of drug-likeness (QED) is 0.605. The molecule has 0 unspecified atom stereocenters. The number of rotatable bonds is 2. The van der Waals surface area contributed by atoms with E-state index in [1.54, 1.807) is 6.21 Å². The topological polar surface area (TPSA) is 52.0 Å². The van der Waals surface area contributed by atoms with Crippen LogP contribution in [0.1, 0.15) is 18.2 Å². The van der Waals surface area contributed by atoms with Crippen molar-refractivity contribution in [2.45, 2.75) is 13.8 Å². The third-order valence-electron chi connectivity index (χ3n) is 1.37. The van der Waals surface area contributed by atoms with Crippen LogP contribution >= 0.6 is 0 Å². The van der Waals surface area contributed by atoms with Gasteiger partial charge in [-0.15, -0.1) is 0 Å². The Kier molecular flexibility index (Phi) is 2.21. The van der Waals surface area contributed by atoms with Gasteiger partial charge >= 0.3 is 0 Å². The van der Waals surface area contributed by atoms with E-state index in [2.05, 4.69) is 9.98 Å². The summed E-state index contributed by atoms with van der Waals surface area (Å²) in [5, 5.41) is 7.06. The standard InChI is InChI=1S/C8H11N3/c1-3-10-8-7(5-9)4-6(2)11-8/h3-5,9,11H,1-2H3. The van der Waals surface area contributed by atoms with Gasteiger partial charge in [0.2, 0.25) is 0 Å². The minimum atomic E-state index is 0.764. The van der Waals surface area contributed by atoms with Gasteiger partial charge in [0, 0.05) is 23.7 Å². The SMILES string of the molecule is CC=Nc1[nH]c(C)cc1C=N. The molecule has 58 valence electrons. The number of H-pyrrole nitrogens is 1. The number of nitrogens with zero attached hydrogens (tertiary/aromatic N) is 1. The molecule has 0 aromatic carbocycles. The lowest BCUT2D eigenvalue weighted by Crippen LogP contribution is -1.73. The van der Waals surface area contributed by atoms with E-state index in [1.807, 2.05) is 19.9 Å². The molecule has 0 radical (unpaired) electrons. The monoisotopic (exact) mass is 149 g/mol. The van der Waals surface area contributed by atoms with Crippen LogP contribution < -0.4 is 0 Å². The Labute approximate surface area is 65.7 Å². The summed E-state index contributed by atoms with van der Waals surface area (Å²) < 4.78 is 0. The Hall–Kier alpha value is -1.38. The average Bonchev–Trinajstić information content (AvgIpc) is 2.32. The lowest BCUT2D eigenvalue weighted by atomic mass is 10.3. The normalized spacial score (nSPS) is 10.7. The van der Waals surface area contributed by atoms with Crippen LogP contribution in [-0.2, 0) is 0 Å². The highest BCUT2D eigenvalue weighted by Crippen LogP contribution is 2.16. The molecule has 0 atom stereocenters. The molecule has 0 aliphatic heterocycles. The summed E-state index contributed by atoms with van der Waals surface area (Å²) in [6.07, 6.45) is 3.00. The molecular weight excluding hydrogens is 138 g/mol. The third-order valence-corrected chi connectivity index (χ3v) is 1.37. The molecule has 1 aromatic rings. The second kappa shape index (κ2) is 3.14. The Bertz CT molecular complexity index is 284. The van der Waals surface area contributed by atoms with Crippen LogP contribution in [0.15, 0.2) is 11.1 Å². The van der Waals surface area contributed by atoms with E-state index in [9.17, 15) is 0 Å². The minimum Gasteiger partial charge on any atom is -0.344 e.